The highest BCUT2D eigenvalue weighted by Gasteiger charge is 2.09. The number of hydrogen-bond donors (Lipinski definition) is 2. The highest BCUT2D eigenvalue weighted by atomic mass is 35.5. The standard InChI is InChI=1S/C14H18ClN3O/c1-10(6-7-16)2-5-14(19)18-13-8-11(9-17)3-4-12(13)15/h3-4,8,10H,2,5-7,16H2,1H3,(H,18,19). The Bertz CT molecular complexity index is 482. The van der Waals surface area contributed by atoms with Crippen molar-refractivity contribution in [2.75, 3.05) is 11.9 Å². The summed E-state index contributed by atoms with van der Waals surface area (Å²) in [4.78, 5) is 11.8. The summed E-state index contributed by atoms with van der Waals surface area (Å²) in [6.07, 6.45) is 2.13. The fourth-order valence-corrected chi connectivity index (χ4v) is 1.87. The minimum absolute atomic E-state index is 0.0964. The molecule has 0 saturated carbocycles. The molecule has 1 rings (SSSR count). The van der Waals surface area contributed by atoms with E-state index in [4.69, 9.17) is 22.6 Å². The predicted octanol–water partition coefficient (Wildman–Crippen LogP) is 2.92. The summed E-state index contributed by atoms with van der Waals surface area (Å²) < 4.78 is 0. The van der Waals surface area contributed by atoms with Crippen molar-refractivity contribution in [1.29, 1.82) is 5.26 Å². The molecule has 5 heteroatoms. The normalized spacial score (nSPS) is 11.7. The Morgan fingerprint density at radius 1 is 1.53 bits per heavy atom. The molecular formula is C14H18ClN3O. The Labute approximate surface area is 118 Å². The molecule has 0 aliphatic heterocycles. The topological polar surface area (TPSA) is 78.9 Å². The van der Waals surface area contributed by atoms with Crippen LogP contribution in [0, 0.1) is 17.2 Å². The van der Waals surface area contributed by atoms with Crippen LogP contribution >= 0.6 is 11.6 Å². The summed E-state index contributed by atoms with van der Waals surface area (Å²) in [7, 11) is 0. The molecule has 0 saturated heterocycles. The van der Waals surface area contributed by atoms with Crippen LogP contribution in [0.4, 0.5) is 5.69 Å². The van der Waals surface area contributed by atoms with Crippen LogP contribution in [0.25, 0.3) is 0 Å². The molecule has 0 aliphatic rings. The van der Waals surface area contributed by atoms with Crippen molar-refractivity contribution < 1.29 is 4.79 Å². The molecule has 1 aromatic carbocycles. The lowest BCUT2D eigenvalue weighted by atomic mass is 10.0. The number of halogens is 1. The second kappa shape index (κ2) is 7.78. The number of nitriles is 1. The first-order valence-corrected chi connectivity index (χ1v) is 6.64. The van der Waals surface area contributed by atoms with E-state index in [1.54, 1.807) is 18.2 Å². The van der Waals surface area contributed by atoms with E-state index in [-0.39, 0.29) is 5.91 Å². The third-order valence-corrected chi connectivity index (χ3v) is 3.22. The van der Waals surface area contributed by atoms with Gasteiger partial charge in [0.25, 0.3) is 0 Å². The first kappa shape index (κ1) is 15.5. The third kappa shape index (κ3) is 5.29. The first-order valence-electron chi connectivity index (χ1n) is 6.26. The monoisotopic (exact) mass is 279 g/mol. The molecule has 1 aromatic rings. The van der Waals surface area contributed by atoms with Crippen molar-refractivity contribution in [3.05, 3.63) is 28.8 Å². The number of anilines is 1. The van der Waals surface area contributed by atoms with Crippen LogP contribution in [-0.4, -0.2) is 12.5 Å². The zero-order valence-corrected chi connectivity index (χ0v) is 11.7. The Balaban J connectivity index is 2.55. The van der Waals surface area contributed by atoms with Crippen molar-refractivity contribution in [2.24, 2.45) is 11.7 Å². The predicted molar refractivity (Wildman–Crippen MR) is 76.9 cm³/mol. The van der Waals surface area contributed by atoms with E-state index >= 15 is 0 Å². The van der Waals surface area contributed by atoms with E-state index in [0.29, 0.717) is 35.2 Å². The van der Waals surface area contributed by atoms with Gasteiger partial charge in [-0.3, -0.25) is 4.79 Å². The lowest BCUT2D eigenvalue weighted by Crippen LogP contribution is -2.14. The molecule has 1 amide bonds. The van der Waals surface area contributed by atoms with Gasteiger partial charge in [0.1, 0.15) is 0 Å². The Morgan fingerprint density at radius 2 is 2.26 bits per heavy atom. The van der Waals surface area contributed by atoms with Gasteiger partial charge in [-0.05, 0) is 43.5 Å². The molecule has 3 N–H and O–H groups in total. The summed E-state index contributed by atoms with van der Waals surface area (Å²) in [6.45, 7) is 2.71. The molecule has 0 aromatic heterocycles. The van der Waals surface area contributed by atoms with Gasteiger partial charge in [-0.25, -0.2) is 0 Å². The van der Waals surface area contributed by atoms with Gasteiger partial charge in [-0.15, -0.1) is 0 Å². The van der Waals surface area contributed by atoms with Crippen molar-refractivity contribution in [3.63, 3.8) is 0 Å². The van der Waals surface area contributed by atoms with Crippen LogP contribution in [0.1, 0.15) is 31.7 Å². The van der Waals surface area contributed by atoms with E-state index in [1.807, 2.05) is 6.07 Å². The molecular weight excluding hydrogens is 262 g/mol. The summed E-state index contributed by atoms with van der Waals surface area (Å²) in [5.41, 5.74) is 6.41. The quantitative estimate of drug-likeness (QED) is 0.840. The number of nitrogens with two attached hydrogens (primary N) is 1. The average molecular weight is 280 g/mol. The van der Waals surface area contributed by atoms with Gasteiger partial charge in [-0.1, -0.05) is 18.5 Å². The van der Waals surface area contributed by atoms with E-state index in [1.165, 1.54) is 0 Å². The van der Waals surface area contributed by atoms with Crippen molar-refractivity contribution in [3.8, 4) is 6.07 Å². The molecule has 4 nitrogen and oxygen atoms in total. The summed E-state index contributed by atoms with van der Waals surface area (Å²) in [5, 5.41) is 12.0. The summed E-state index contributed by atoms with van der Waals surface area (Å²) in [5.74, 6) is 0.331. The summed E-state index contributed by atoms with van der Waals surface area (Å²) in [6, 6.07) is 6.80. The third-order valence-electron chi connectivity index (χ3n) is 2.89. The van der Waals surface area contributed by atoms with Crippen LogP contribution in [-0.2, 0) is 4.79 Å². The van der Waals surface area contributed by atoms with Crippen molar-refractivity contribution in [2.45, 2.75) is 26.2 Å². The molecule has 0 spiro atoms. The molecule has 19 heavy (non-hydrogen) atoms. The first-order chi connectivity index (χ1) is 9.06. The molecule has 0 fully saturated rings. The van der Waals surface area contributed by atoms with Gasteiger partial charge in [0.2, 0.25) is 5.91 Å². The lowest BCUT2D eigenvalue weighted by Gasteiger charge is -2.11. The molecule has 102 valence electrons. The molecule has 1 atom stereocenters. The van der Waals surface area contributed by atoms with Gasteiger partial charge < -0.3 is 11.1 Å². The second-order valence-corrected chi connectivity index (χ2v) is 4.98. The molecule has 0 bridgehead atoms. The number of nitrogens with one attached hydrogen (secondary N) is 1. The van der Waals surface area contributed by atoms with E-state index in [9.17, 15) is 4.79 Å². The number of hydrogen-bond acceptors (Lipinski definition) is 3. The number of nitrogens with zero attached hydrogens (tertiary/aromatic N) is 1. The van der Waals surface area contributed by atoms with Crippen molar-refractivity contribution in [1.82, 2.24) is 0 Å². The SMILES string of the molecule is CC(CCN)CCC(=O)Nc1cc(C#N)ccc1Cl. The zero-order valence-electron chi connectivity index (χ0n) is 10.9. The number of rotatable bonds is 6. The van der Waals surface area contributed by atoms with Crippen LogP contribution in [0.2, 0.25) is 5.02 Å². The maximum atomic E-state index is 11.8. The molecule has 0 radical (unpaired) electrons. The van der Waals surface area contributed by atoms with E-state index in [0.717, 1.165) is 12.8 Å². The van der Waals surface area contributed by atoms with Gasteiger partial charge in [0, 0.05) is 6.42 Å². The maximum Gasteiger partial charge on any atom is 0.224 e. The largest absolute Gasteiger partial charge is 0.330 e. The zero-order chi connectivity index (χ0) is 14.3. The minimum atomic E-state index is -0.0964. The highest BCUT2D eigenvalue weighted by molar-refractivity contribution is 6.33. The highest BCUT2D eigenvalue weighted by Crippen LogP contribution is 2.23. The number of carbonyl (C=O) groups excluding carboxylic acids is 1. The van der Waals surface area contributed by atoms with Crippen LogP contribution in [0.5, 0.6) is 0 Å². The van der Waals surface area contributed by atoms with Crippen LogP contribution < -0.4 is 11.1 Å². The van der Waals surface area contributed by atoms with E-state index < -0.39 is 0 Å². The Morgan fingerprint density at radius 3 is 2.89 bits per heavy atom. The average Bonchev–Trinajstić information content (AvgIpc) is 2.39. The smallest absolute Gasteiger partial charge is 0.224 e. The van der Waals surface area contributed by atoms with Gasteiger partial charge in [0.05, 0.1) is 22.3 Å². The number of amides is 1. The fourth-order valence-electron chi connectivity index (χ4n) is 1.71. The van der Waals surface area contributed by atoms with Gasteiger partial charge in [-0.2, -0.15) is 5.26 Å². The molecule has 1 unspecified atom stereocenters. The Kier molecular flexibility index (Phi) is 6.34. The minimum Gasteiger partial charge on any atom is -0.330 e. The fraction of sp³-hybridized carbons (Fsp3) is 0.429. The van der Waals surface area contributed by atoms with Crippen molar-refractivity contribution >= 4 is 23.2 Å². The lowest BCUT2D eigenvalue weighted by molar-refractivity contribution is -0.116. The number of carbonyl (C=O) groups is 1. The van der Waals surface area contributed by atoms with Gasteiger partial charge in [0.15, 0.2) is 0 Å². The van der Waals surface area contributed by atoms with Crippen LogP contribution in [0.3, 0.4) is 0 Å². The Hall–Kier alpha value is -1.57. The number of benzene rings is 1. The maximum absolute atomic E-state index is 11.8. The van der Waals surface area contributed by atoms with Crippen LogP contribution in [0.15, 0.2) is 18.2 Å². The van der Waals surface area contributed by atoms with Gasteiger partial charge >= 0.3 is 0 Å². The summed E-state index contributed by atoms with van der Waals surface area (Å²) >= 11 is 5.97. The second-order valence-electron chi connectivity index (χ2n) is 4.58. The molecule has 0 heterocycles. The van der Waals surface area contributed by atoms with E-state index in [2.05, 4.69) is 12.2 Å². The molecule has 0 aliphatic carbocycles.